The molecule has 2 aliphatic rings. The lowest BCUT2D eigenvalue weighted by Crippen LogP contribution is -2.53. The van der Waals surface area contributed by atoms with Crippen molar-refractivity contribution < 1.29 is 14.3 Å². The van der Waals surface area contributed by atoms with Gasteiger partial charge < -0.3 is 19.9 Å². The van der Waals surface area contributed by atoms with Crippen LogP contribution in [-0.2, 0) is 14.3 Å². The van der Waals surface area contributed by atoms with Gasteiger partial charge in [-0.15, -0.1) is 0 Å². The monoisotopic (exact) mass is 424 g/mol. The highest BCUT2D eigenvalue weighted by Gasteiger charge is 2.25. The largest absolute Gasteiger partial charge is 0.378 e. The van der Waals surface area contributed by atoms with Crippen LogP contribution in [0.1, 0.15) is 18.5 Å². The number of nitrogens with zero attached hydrogens (tertiary/aromatic N) is 3. The minimum Gasteiger partial charge on any atom is -0.378 e. The van der Waals surface area contributed by atoms with E-state index in [0.717, 1.165) is 13.1 Å². The average Bonchev–Trinajstić information content (AvgIpc) is 2.83. The fraction of sp³-hybridized carbons (Fsp3) is 0.500. The molecule has 2 aliphatic heterocycles. The molecule has 0 aliphatic carbocycles. The lowest BCUT2D eigenvalue weighted by atomic mass is 10.00. The summed E-state index contributed by atoms with van der Waals surface area (Å²) < 4.78 is 5.31. The summed E-state index contributed by atoms with van der Waals surface area (Å²) in [6.45, 7) is 8.26. The van der Waals surface area contributed by atoms with Crippen molar-refractivity contribution in [2.24, 2.45) is 0 Å². The molecule has 166 valence electrons. The standard InChI is InChI=1S/C24H32N4O3/c1-19(21-8-4-6-20-5-2-3-7-22(20)21)25-17-23(29)27-11-9-26(10-12-27)18-24(30)28-13-15-31-16-14-28/h2-8,19,25H,9-18H2,1H3/t19-/m0/s1. The predicted molar refractivity (Wildman–Crippen MR) is 121 cm³/mol. The molecule has 0 radical (unpaired) electrons. The molecule has 2 amide bonds. The third-order valence-electron chi connectivity index (χ3n) is 6.30. The third-order valence-corrected chi connectivity index (χ3v) is 6.30. The molecule has 1 N–H and O–H groups in total. The van der Waals surface area contributed by atoms with Crippen LogP contribution in [0.2, 0.25) is 0 Å². The highest BCUT2D eigenvalue weighted by molar-refractivity contribution is 5.86. The molecular weight excluding hydrogens is 392 g/mol. The lowest BCUT2D eigenvalue weighted by Gasteiger charge is -2.36. The Labute approximate surface area is 183 Å². The molecule has 2 fully saturated rings. The summed E-state index contributed by atoms with van der Waals surface area (Å²) in [5.41, 5.74) is 1.21. The molecule has 7 nitrogen and oxygen atoms in total. The highest BCUT2D eigenvalue weighted by atomic mass is 16.5. The molecule has 0 saturated carbocycles. The van der Waals surface area contributed by atoms with Crippen LogP contribution in [0.4, 0.5) is 0 Å². The molecule has 0 bridgehead atoms. The quantitative estimate of drug-likeness (QED) is 0.761. The van der Waals surface area contributed by atoms with Crippen LogP contribution in [0, 0.1) is 0 Å². The first-order valence-electron chi connectivity index (χ1n) is 11.2. The van der Waals surface area contributed by atoms with Gasteiger partial charge in [0.25, 0.3) is 0 Å². The van der Waals surface area contributed by atoms with E-state index in [2.05, 4.69) is 47.5 Å². The fourth-order valence-corrected chi connectivity index (χ4v) is 4.35. The van der Waals surface area contributed by atoms with Gasteiger partial charge in [-0.25, -0.2) is 0 Å². The van der Waals surface area contributed by atoms with Gasteiger partial charge in [-0.1, -0.05) is 42.5 Å². The van der Waals surface area contributed by atoms with Gasteiger partial charge >= 0.3 is 0 Å². The molecule has 2 aromatic carbocycles. The maximum Gasteiger partial charge on any atom is 0.236 e. The van der Waals surface area contributed by atoms with Gasteiger partial charge in [0, 0.05) is 45.3 Å². The summed E-state index contributed by atoms with van der Waals surface area (Å²) in [4.78, 5) is 31.1. The second kappa shape index (κ2) is 10.2. The molecule has 2 saturated heterocycles. The Balaban J connectivity index is 1.23. The normalized spacial score (nSPS) is 18.9. The summed E-state index contributed by atoms with van der Waals surface area (Å²) in [6.07, 6.45) is 0. The first-order valence-corrected chi connectivity index (χ1v) is 11.2. The average molecular weight is 425 g/mol. The van der Waals surface area contributed by atoms with Crippen molar-refractivity contribution in [3.05, 3.63) is 48.0 Å². The second-order valence-corrected chi connectivity index (χ2v) is 8.32. The molecule has 31 heavy (non-hydrogen) atoms. The number of benzene rings is 2. The number of rotatable bonds is 6. The van der Waals surface area contributed by atoms with Crippen LogP contribution in [0.5, 0.6) is 0 Å². The Morgan fingerprint density at radius 1 is 0.903 bits per heavy atom. The van der Waals surface area contributed by atoms with Crippen molar-refractivity contribution in [3.8, 4) is 0 Å². The van der Waals surface area contributed by atoms with Crippen LogP contribution >= 0.6 is 0 Å². The number of hydrogen-bond acceptors (Lipinski definition) is 5. The number of carbonyl (C=O) groups is 2. The molecular formula is C24H32N4O3. The number of ether oxygens (including phenoxy) is 1. The van der Waals surface area contributed by atoms with E-state index in [9.17, 15) is 9.59 Å². The molecule has 2 aromatic rings. The van der Waals surface area contributed by atoms with Gasteiger partial charge in [0.2, 0.25) is 11.8 Å². The first kappa shape index (κ1) is 21.7. The SMILES string of the molecule is C[C@H](NCC(=O)N1CCN(CC(=O)N2CCOCC2)CC1)c1cccc2ccccc12. The topological polar surface area (TPSA) is 65.1 Å². The van der Waals surface area contributed by atoms with E-state index in [0.29, 0.717) is 52.5 Å². The third kappa shape index (κ3) is 5.42. The number of amides is 2. The molecule has 0 unspecified atom stereocenters. The minimum absolute atomic E-state index is 0.0856. The van der Waals surface area contributed by atoms with Crippen molar-refractivity contribution in [2.75, 3.05) is 65.6 Å². The van der Waals surface area contributed by atoms with Crippen molar-refractivity contribution in [1.82, 2.24) is 20.0 Å². The van der Waals surface area contributed by atoms with Gasteiger partial charge in [-0.05, 0) is 23.3 Å². The van der Waals surface area contributed by atoms with Crippen LogP contribution < -0.4 is 5.32 Å². The molecule has 1 atom stereocenters. The van der Waals surface area contributed by atoms with Gasteiger partial charge in [-0.2, -0.15) is 0 Å². The number of nitrogens with one attached hydrogen (secondary N) is 1. The van der Waals surface area contributed by atoms with Crippen LogP contribution in [0.25, 0.3) is 10.8 Å². The maximum atomic E-state index is 12.7. The number of fused-ring (bicyclic) bond motifs is 1. The Kier molecular flexibility index (Phi) is 7.17. The van der Waals surface area contributed by atoms with Gasteiger partial charge in [0.05, 0.1) is 26.3 Å². The molecule has 2 heterocycles. The Morgan fingerprint density at radius 3 is 2.35 bits per heavy atom. The maximum absolute atomic E-state index is 12.7. The van der Waals surface area contributed by atoms with Crippen LogP contribution in [0.3, 0.4) is 0 Å². The number of morpholine rings is 1. The van der Waals surface area contributed by atoms with E-state index in [1.165, 1.54) is 16.3 Å². The van der Waals surface area contributed by atoms with Crippen molar-refractivity contribution in [3.63, 3.8) is 0 Å². The predicted octanol–water partition coefficient (Wildman–Crippen LogP) is 1.49. The fourth-order valence-electron chi connectivity index (χ4n) is 4.35. The van der Waals surface area contributed by atoms with Crippen LogP contribution in [-0.4, -0.2) is 92.1 Å². The van der Waals surface area contributed by atoms with Gasteiger partial charge in [0.1, 0.15) is 0 Å². The Bertz CT molecular complexity index is 899. The van der Waals surface area contributed by atoms with E-state index in [1.54, 1.807) is 0 Å². The summed E-state index contributed by atoms with van der Waals surface area (Å²) in [7, 11) is 0. The Hall–Kier alpha value is -2.48. The zero-order valence-corrected chi connectivity index (χ0v) is 18.3. The second-order valence-electron chi connectivity index (χ2n) is 8.32. The molecule has 7 heteroatoms. The summed E-state index contributed by atoms with van der Waals surface area (Å²) in [6, 6.07) is 14.7. The molecule has 0 spiro atoms. The summed E-state index contributed by atoms with van der Waals surface area (Å²) in [5.74, 6) is 0.278. The van der Waals surface area contributed by atoms with Crippen molar-refractivity contribution in [1.29, 1.82) is 0 Å². The van der Waals surface area contributed by atoms with Crippen molar-refractivity contribution >= 4 is 22.6 Å². The summed E-state index contributed by atoms with van der Waals surface area (Å²) >= 11 is 0. The zero-order chi connectivity index (χ0) is 21.6. The van der Waals surface area contributed by atoms with E-state index in [1.807, 2.05) is 21.9 Å². The highest BCUT2D eigenvalue weighted by Crippen LogP contribution is 2.23. The number of hydrogen-bond donors (Lipinski definition) is 1. The lowest BCUT2D eigenvalue weighted by molar-refractivity contribution is -0.137. The zero-order valence-electron chi connectivity index (χ0n) is 18.3. The van der Waals surface area contributed by atoms with E-state index in [4.69, 9.17) is 4.74 Å². The van der Waals surface area contributed by atoms with Gasteiger partial charge in [-0.3, -0.25) is 14.5 Å². The van der Waals surface area contributed by atoms with E-state index < -0.39 is 0 Å². The van der Waals surface area contributed by atoms with Gasteiger partial charge in [0.15, 0.2) is 0 Å². The first-order chi connectivity index (χ1) is 15.1. The number of piperazine rings is 1. The smallest absolute Gasteiger partial charge is 0.236 e. The Morgan fingerprint density at radius 2 is 1.58 bits per heavy atom. The van der Waals surface area contributed by atoms with E-state index in [-0.39, 0.29) is 17.9 Å². The molecule has 4 rings (SSSR count). The number of carbonyl (C=O) groups excluding carboxylic acids is 2. The van der Waals surface area contributed by atoms with E-state index >= 15 is 0 Å². The summed E-state index contributed by atoms with van der Waals surface area (Å²) in [5, 5.41) is 5.83. The minimum atomic E-state index is 0.0856. The van der Waals surface area contributed by atoms with Crippen molar-refractivity contribution in [2.45, 2.75) is 13.0 Å². The van der Waals surface area contributed by atoms with Crippen LogP contribution in [0.15, 0.2) is 42.5 Å². The molecule has 0 aromatic heterocycles.